The Bertz CT molecular complexity index is 1110. The van der Waals surface area contributed by atoms with E-state index in [-0.39, 0.29) is 23.8 Å². The number of pyridine rings is 2. The summed E-state index contributed by atoms with van der Waals surface area (Å²) in [5.41, 5.74) is 1.15. The van der Waals surface area contributed by atoms with Crippen LogP contribution in [0.25, 0.3) is 10.9 Å². The van der Waals surface area contributed by atoms with Gasteiger partial charge in [-0.15, -0.1) is 0 Å². The molecule has 3 heterocycles. The van der Waals surface area contributed by atoms with Crippen molar-refractivity contribution in [3.05, 3.63) is 47.0 Å². The van der Waals surface area contributed by atoms with Crippen molar-refractivity contribution in [1.82, 2.24) is 25.1 Å². The number of nitrogens with zero attached hydrogens (tertiary/aromatic N) is 4. The lowest BCUT2D eigenvalue weighted by atomic mass is 10.2. The van der Waals surface area contributed by atoms with Gasteiger partial charge in [0.25, 0.3) is 5.91 Å². The van der Waals surface area contributed by atoms with E-state index >= 15 is 0 Å². The average Bonchev–Trinajstić information content (AvgIpc) is 3.13. The lowest BCUT2D eigenvalue weighted by Gasteiger charge is -2.16. The first-order valence-electron chi connectivity index (χ1n) is 9.28. The number of rotatable bonds is 9. The number of hydrogen-bond donors (Lipinski definition) is 2. The van der Waals surface area contributed by atoms with E-state index < -0.39 is 36.8 Å². The summed E-state index contributed by atoms with van der Waals surface area (Å²) in [4.78, 5) is 20.2. The summed E-state index contributed by atoms with van der Waals surface area (Å²) >= 11 is 5.98. The first-order valence-corrected chi connectivity index (χ1v) is 9.66. The van der Waals surface area contributed by atoms with Crippen molar-refractivity contribution in [2.45, 2.75) is 31.9 Å². The van der Waals surface area contributed by atoms with Gasteiger partial charge in [-0.2, -0.15) is 13.9 Å². The molecule has 0 saturated heterocycles. The van der Waals surface area contributed by atoms with E-state index in [2.05, 4.69) is 25.1 Å². The van der Waals surface area contributed by atoms with Crippen LogP contribution in [0.5, 0.6) is 5.88 Å². The number of halogens is 5. The second kappa shape index (κ2) is 9.65. The fourth-order valence-corrected chi connectivity index (χ4v) is 2.90. The molecule has 0 aliphatic carbocycles. The summed E-state index contributed by atoms with van der Waals surface area (Å²) in [6, 6.07) is 2.99. The van der Waals surface area contributed by atoms with Gasteiger partial charge in [-0.1, -0.05) is 11.6 Å². The number of aliphatic hydroxyl groups excluding tert-OH is 1. The van der Waals surface area contributed by atoms with Crippen molar-refractivity contribution in [3.8, 4) is 5.88 Å². The van der Waals surface area contributed by atoms with Gasteiger partial charge in [-0.05, 0) is 24.6 Å². The van der Waals surface area contributed by atoms with Crippen molar-refractivity contribution in [2.75, 3.05) is 13.2 Å². The van der Waals surface area contributed by atoms with E-state index in [1.54, 1.807) is 12.3 Å². The smallest absolute Gasteiger partial charge is 0.340 e. The number of nitrogens with one attached hydrogen (secondary N) is 1. The fourth-order valence-electron chi connectivity index (χ4n) is 2.65. The minimum absolute atomic E-state index is 0.0624. The van der Waals surface area contributed by atoms with Crippen molar-refractivity contribution < 1.29 is 32.2 Å². The highest BCUT2D eigenvalue weighted by Gasteiger charge is 2.42. The molecular formula is C19H18ClF4N5O3. The molecule has 0 unspecified atom stereocenters. The van der Waals surface area contributed by atoms with Gasteiger partial charge in [0, 0.05) is 25.1 Å². The van der Waals surface area contributed by atoms with Crippen LogP contribution in [0.3, 0.4) is 0 Å². The van der Waals surface area contributed by atoms with Crippen LogP contribution >= 0.6 is 11.6 Å². The second-order valence-electron chi connectivity index (χ2n) is 6.96. The molecule has 3 aromatic heterocycles. The summed E-state index contributed by atoms with van der Waals surface area (Å²) in [6.07, 6.45) is -0.296. The van der Waals surface area contributed by atoms with Crippen LogP contribution in [0.2, 0.25) is 5.02 Å². The van der Waals surface area contributed by atoms with Crippen molar-refractivity contribution in [2.24, 2.45) is 0 Å². The summed E-state index contributed by atoms with van der Waals surface area (Å²) in [5, 5.41) is 16.6. The predicted molar refractivity (Wildman–Crippen MR) is 106 cm³/mol. The van der Waals surface area contributed by atoms with E-state index in [1.807, 2.05) is 0 Å². The summed E-state index contributed by atoms with van der Waals surface area (Å²) in [7, 11) is 0. The Labute approximate surface area is 184 Å². The van der Waals surface area contributed by atoms with Gasteiger partial charge in [0.15, 0.2) is 6.61 Å². The van der Waals surface area contributed by atoms with Gasteiger partial charge in [-0.25, -0.2) is 13.8 Å². The quantitative estimate of drug-likeness (QED) is 0.461. The molecule has 8 nitrogen and oxygen atoms in total. The van der Waals surface area contributed by atoms with E-state index in [9.17, 15) is 27.5 Å². The SMILES string of the molecule is C[C@@H](O)CNC(=O)c1nccc2nn(Cc3cnc(OCC(F)(F)C(F)F)c(Cl)c3)cc12. The molecule has 2 N–H and O–H groups in total. The van der Waals surface area contributed by atoms with E-state index in [0.717, 1.165) is 0 Å². The Morgan fingerprint density at radius 1 is 1.38 bits per heavy atom. The minimum Gasteiger partial charge on any atom is -0.470 e. The molecule has 0 bridgehead atoms. The van der Waals surface area contributed by atoms with Crippen LogP contribution in [0.15, 0.2) is 30.7 Å². The highest BCUT2D eigenvalue weighted by molar-refractivity contribution is 6.31. The maximum atomic E-state index is 13.0. The van der Waals surface area contributed by atoms with Crippen LogP contribution in [-0.4, -0.2) is 62.4 Å². The molecule has 0 fully saturated rings. The zero-order chi connectivity index (χ0) is 23.5. The molecule has 0 saturated carbocycles. The maximum absolute atomic E-state index is 13.0. The summed E-state index contributed by atoms with van der Waals surface area (Å²) in [6.45, 7) is 0.191. The van der Waals surface area contributed by atoms with E-state index in [0.29, 0.717) is 16.5 Å². The van der Waals surface area contributed by atoms with Crippen LogP contribution in [0, 0.1) is 0 Å². The Hall–Kier alpha value is -2.99. The van der Waals surface area contributed by atoms with Crippen LogP contribution < -0.4 is 10.1 Å². The van der Waals surface area contributed by atoms with Crippen molar-refractivity contribution >= 4 is 28.4 Å². The minimum atomic E-state index is -4.33. The first-order chi connectivity index (χ1) is 15.1. The molecule has 32 heavy (non-hydrogen) atoms. The standard InChI is InChI=1S/C19H18ClF4N5O3/c1-10(30)5-26-16(31)15-12-8-29(28-14(12)2-3-25-15)7-11-4-13(20)17(27-6-11)32-9-19(23,24)18(21)22/h2-4,6,8,10,18,30H,5,7,9H2,1H3,(H,26,31)/t10-/m1/s1. The van der Waals surface area contributed by atoms with Gasteiger partial charge < -0.3 is 15.2 Å². The largest absolute Gasteiger partial charge is 0.470 e. The van der Waals surface area contributed by atoms with Crippen LogP contribution in [-0.2, 0) is 6.54 Å². The first kappa shape index (κ1) is 23.7. The zero-order valence-corrected chi connectivity index (χ0v) is 17.4. The Kier molecular flexibility index (Phi) is 7.14. The molecule has 0 spiro atoms. The number of carbonyl (C=O) groups is 1. The number of fused-ring (bicyclic) bond motifs is 1. The number of carbonyl (C=O) groups excluding carboxylic acids is 1. The molecule has 0 aromatic carbocycles. The molecule has 3 rings (SSSR count). The summed E-state index contributed by atoms with van der Waals surface area (Å²) < 4.78 is 56.6. The maximum Gasteiger partial charge on any atom is 0.340 e. The number of aliphatic hydroxyl groups is 1. The highest BCUT2D eigenvalue weighted by atomic mass is 35.5. The molecule has 1 amide bonds. The molecular weight excluding hydrogens is 458 g/mol. The second-order valence-corrected chi connectivity index (χ2v) is 7.37. The zero-order valence-electron chi connectivity index (χ0n) is 16.6. The van der Waals surface area contributed by atoms with Crippen molar-refractivity contribution in [3.63, 3.8) is 0 Å². The predicted octanol–water partition coefficient (Wildman–Crippen LogP) is 2.92. The third-order valence-corrected chi connectivity index (χ3v) is 4.45. The monoisotopic (exact) mass is 475 g/mol. The molecule has 172 valence electrons. The van der Waals surface area contributed by atoms with Gasteiger partial charge in [0.1, 0.15) is 10.7 Å². The number of aromatic nitrogens is 4. The number of ether oxygens (including phenoxy) is 1. The number of amides is 1. The van der Waals surface area contributed by atoms with Gasteiger partial charge in [0.2, 0.25) is 5.88 Å². The lowest BCUT2D eigenvalue weighted by Crippen LogP contribution is -2.34. The number of hydrogen-bond acceptors (Lipinski definition) is 6. The van der Waals surface area contributed by atoms with E-state index in [1.165, 1.54) is 30.1 Å². The van der Waals surface area contributed by atoms with Gasteiger partial charge >= 0.3 is 12.3 Å². The Balaban J connectivity index is 1.74. The lowest BCUT2D eigenvalue weighted by molar-refractivity contribution is -0.148. The van der Waals surface area contributed by atoms with Gasteiger partial charge in [-0.3, -0.25) is 14.5 Å². The normalized spacial score (nSPS) is 12.9. The molecule has 13 heteroatoms. The Morgan fingerprint density at radius 3 is 2.78 bits per heavy atom. The summed E-state index contributed by atoms with van der Waals surface area (Å²) in [5.74, 6) is -5.20. The molecule has 1 atom stereocenters. The topological polar surface area (TPSA) is 102 Å². The third-order valence-electron chi connectivity index (χ3n) is 4.18. The molecule has 3 aromatic rings. The van der Waals surface area contributed by atoms with Crippen LogP contribution in [0.1, 0.15) is 23.0 Å². The fraction of sp³-hybridized carbons (Fsp3) is 0.368. The Morgan fingerprint density at radius 2 is 2.12 bits per heavy atom. The molecule has 0 aliphatic heterocycles. The van der Waals surface area contributed by atoms with Crippen LogP contribution in [0.4, 0.5) is 17.6 Å². The third kappa shape index (κ3) is 5.62. The average molecular weight is 476 g/mol. The molecule has 0 radical (unpaired) electrons. The van der Waals surface area contributed by atoms with Gasteiger partial charge in [0.05, 0.1) is 23.6 Å². The molecule has 0 aliphatic rings. The number of alkyl halides is 4. The highest BCUT2D eigenvalue weighted by Crippen LogP contribution is 2.28. The van der Waals surface area contributed by atoms with Crippen molar-refractivity contribution in [1.29, 1.82) is 0 Å². The van der Waals surface area contributed by atoms with E-state index in [4.69, 9.17) is 11.6 Å².